The van der Waals surface area contributed by atoms with Gasteiger partial charge in [0.1, 0.15) is 5.75 Å². The number of benzene rings is 2. The summed E-state index contributed by atoms with van der Waals surface area (Å²) in [6, 6.07) is 12.5. The van der Waals surface area contributed by atoms with Crippen LogP contribution in [-0.2, 0) is 11.3 Å². The number of rotatable bonds is 8. The Morgan fingerprint density at radius 2 is 1.82 bits per heavy atom. The van der Waals surface area contributed by atoms with Crippen molar-refractivity contribution >= 4 is 23.2 Å². The van der Waals surface area contributed by atoms with Gasteiger partial charge in [0.25, 0.3) is 11.6 Å². The minimum atomic E-state index is -0.548. The summed E-state index contributed by atoms with van der Waals surface area (Å²) in [5.74, 6) is -0.0935. The maximum absolute atomic E-state index is 12.0. The van der Waals surface area contributed by atoms with E-state index in [0.29, 0.717) is 18.0 Å². The predicted octanol–water partition coefficient (Wildman–Crippen LogP) is 2.42. The third-order valence-electron chi connectivity index (χ3n) is 3.77. The third kappa shape index (κ3) is 5.90. The first kappa shape index (κ1) is 20.6. The van der Waals surface area contributed by atoms with Crippen LogP contribution in [0.15, 0.2) is 53.6 Å². The second-order valence-electron chi connectivity index (χ2n) is 5.86. The van der Waals surface area contributed by atoms with Crippen LogP contribution in [0.3, 0.4) is 0 Å². The van der Waals surface area contributed by atoms with Crippen molar-refractivity contribution in [1.82, 2.24) is 10.7 Å². The molecule has 2 amide bonds. The molecule has 0 saturated carbocycles. The lowest BCUT2D eigenvalue weighted by atomic mass is 10.2. The van der Waals surface area contributed by atoms with Gasteiger partial charge in [-0.1, -0.05) is 18.2 Å². The molecule has 0 atom stereocenters. The summed E-state index contributed by atoms with van der Waals surface area (Å²) in [4.78, 5) is 34.1. The van der Waals surface area contributed by atoms with Crippen molar-refractivity contribution < 1.29 is 19.2 Å². The molecule has 0 heterocycles. The van der Waals surface area contributed by atoms with E-state index in [1.165, 1.54) is 24.3 Å². The molecular formula is C19H20N4O5. The van der Waals surface area contributed by atoms with Gasteiger partial charge in [-0.15, -0.1) is 0 Å². The Kier molecular flexibility index (Phi) is 7.21. The molecule has 0 bridgehead atoms. The summed E-state index contributed by atoms with van der Waals surface area (Å²) in [5.41, 5.74) is 3.70. The Hall–Kier alpha value is -3.75. The summed E-state index contributed by atoms with van der Waals surface area (Å²) in [7, 11) is 1.56. The number of carbonyl (C=O) groups is 2. The van der Waals surface area contributed by atoms with Crippen molar-refractivity contribution in [2.45, 2.75) is 19.9 Å². The minimum Gasteiger partial charge on any atom is -0.496 e. The van der Waals surface area contributed by atoms with Crippen LogP contribution in [0.2, 0.25) is 0 Å². The van der Waals surface area contributed by atoms with Crippen molar-refractivity contribution in [3.63, 3.8) is 0 Å². The largest absolute Gasteiger partial charge is 0.496 e. The zero-order valence-corrected chi connectivity index (χ0v) is 15.5. The van der Waals surface area contributed by atoms with Crippen LogP contribution in [0.5, 0.6) is 5.75 Å². The highest BCUT2D eigenvalue weighted by atomic mass is 16.6. The first-order chi connectivity index (χ1) is 13.4. The number of non-ortho nitro benzene ring substituents is 1. The van der Waals surface area contributed by atoms with Crippen molar-refractivity contribution in [3.05, 3.63) is 69.8 Å². The Balaban J connectivity index is 1.85. The molecule has 0 radical (unpaired) electrons. The van der Waals surface area contributed by atoms with E-state index in [1.54, 1.807) is 14.0 Å². The standard InChI is InChI=1S/C19H20N4O5/c1-13(11-18(24)20-12-15-5-3-4-6-17(15)28-2)21-22-19(25)14-7-9-16(10-8-14)23(26)27/h3-10H,11-12H2,1-2H3,(H,20,24)(H,22,25)/b21-13-. The Morgan fingerprint density at radius 1 is 1.14 bits per heavy atom. The fourth-order valence-electron chi connectivity index (χ4n) is 2.32. The quantitative estimate of drug-likeness (QED) is 0.411. The lowest BCUT2D eigenvalue weighted by Gasteiger charge is -2.09. The van der Waals surface area contributed by atoms with Crippen molar-refractivity contribution in [2.24, 2.45) is 5.10 Å². The van der Waals surface area contributed by atoms with E-state index in [1.807, 2.05) is 24.3 Å². The number of para-hydroxylation sites is 1. The molecule has 0 saturated heterocycles. The highest BCUT2D eigenvalue weighted by Gasteiger charge is 2.10. The lowest BCUT2D eigenvalue weighted by molar-refractivity contribution is -0.384. The third-order valence-corrected chi connectivity index (χ3v) is 3.77. The molecule has 2 aromatic rings. The van der Waals surface area contributed by atoms with E-state index in [0.717, 1.165) is 5.56 Å². The van der Waals surface area contributed by atoms with Gasteiger partial charge < -0.3 is 10.1 Å². The number of hydrogen-bond donors (Lipinski definition) is 2. The van der Waals surface area contributed by atoms with Crippen LogP contribution in [0.4, 0.5) is 5.69 Å². The molecule has 2 aromatic carbocycles. The van der Waals surface area contributed by atoms with E-state index in [9.17, 15) is 19.7 Å². The van der Waals surface area contributed by atoms with Gasteiger partial charge in [0.05, 0.1) is 18.5 Å². The number of nitro benzene ring substituents is 1. The fraction of sp³-hybridized carbons (Fsp3) is 0.211. The second kappa shape index (κ2) is 9.81. The lowest BCUT2D eigenvalue weighted by Crippen LogP contribution is -2.26. The van der Waals surface area contributed by atoms with E-state index in [2.05, 4.69) is 15.8 Å². The van der Waals surface area contributed by atoms with Crippen LogP contribution in [0, 0.1) is 10.1 Å². The number of ether oxygens (including phenoxy) is 1. The number of hydrogen-bond acceptors (Lipinski definition) is 6. The molecule has 9 nitrogen and oxygen atoms in total. The van der Waals surface area contributed by atoms with Crippen LogP contribution >= 0.6 is 0 Å². The summed E-state index contributed by atoms with van der Waals surface area (Å²) in [6.07, 6.45) is 0.00961. The predicted molar refractivity (Wildman–Crippen MR) is 103 cm³/mol. The number of methoxy groups -OCH3 is 1. The maximum Gasteiger partial charge on any atom is 0.271 e. The summed E-state index contributed by atoms with van der Waals surface area (Å²) in [6.45, 7) is 1.92. The average Bonchev–Trinajstić information content (AvgIpc) is 2.70. The minimum absolute atomic E-state index is 0.00961. The molecule has 2 N–H and O–H groups in total. The van der Waals surface area contributed by atoms with E-state index in [-0.39, 0.29) is 23.6 Å². The molecule has 146 valence electrons. The van der Waals surface area contributed by atoms with Gasteiger partial charge in [-0.05, 0) is 25.1 Å². The van der Waals surface area contributed by atoms with Crippen molar-refractivity contribution in [2.75, 3.05) is 7.11 Å². The zero-order chi connectivity index (χ0) is 20.5. The number of carbonyl (C=O) groups excluding carboxylic acids is 2. The molecule has 0 spiro atoms. The van der Waals surface area contributed by atoms with Crippen LogP contribution in [-0.4, -0.2) is 29.6 Å². The van der Waals surface area contributed by atoms with Crippen molar-refractivity contribution in [1.29, 1.82) is 0 Å². The molecule has 0 unspecified atom stereocenters. The second-order valence-corrected chi connectivity index (χ2v) is 5.86. The Bertz CT molecular complexity index is 893. The van der Waals surface area contributed by atoms with E-state index < -0.39 is 10.8 Å². The summed E-state index contributed by atoms with van der Waals surface area (Å²) >= 11 is 0. The Morgan fingerprint density at radius 3 is 2.46 bits per heavy atom. The monoisotopic (exact) mass is 384 g/mol. The molecule has 0 aromatic heterocycles. The van der Waals surface area contributed by atoms with E-state index >= 15 is 0 Å². The van der Waals surface area contributed by atoms with Gasteiger partial charge in [-0.2, -0.15) is 5.10 Å². The smallest absolute Gasteiger partial charge is 0.271 e. The normalized spacial score (nSPS) is 10.9. The molecular weight excluding hydrogens is 364 g/mol. The molecule has 0 fully saturated rings. The highest BCUT2D eigenvalue weighted by Crippen LogP contribution is 2.16. The number of hydrazone groups is 1. The average molecular weight is 384 g/mol. The number of amides is 2. The maximum atomic E-state index is 12.0. The SMILES string of the molecule is COc1ccccc1CNC(=O)C/C(C)=N\NC(=O)c1ccc([N+](=O)[O-])cc1. The van der Waals surface area contributed by atoms with Gasteiger partial charge in [-0.25, -0.2) is 5.43 Å². The molecule has 28 heavy (non-hydrogen) atoms. The molecule has 9 heteroatoms. The molecule has 0 aliphatic carbocycles. The molecule has 2 rings (SSSR count). The molecule has 0 aliphatic heterocycles. The van der Waals surface area contributed by atoms with Gasteiger partial charge >= 0.3 is 0 Å². The number of nitrogens with zero attached hydrogens (tertiary/aromatic N) is 2. The first-order valence-electron chi connectivity index (χ1n) is 8.37. The summed E-state index contributed by atoms with van der Waals surface area (Å²) < 4.78 is 5.23. The van der Waals surface area contributed by atoms with Crippen LogP contribution in [0.1, 0.15) is 29.3 Å². The van der Waals surface area contributed by atoms with Gasteiger partial charge in [0.2, 0.25) is 5.91 Å². The zero-order valence-electron chi connectivity index (χ0n) is 15.5. The van der Waals surface area contributed by atoms with Crippen molar-refractivity contribution in [3.8, 4) is 5.75 Å². The summed E-state index contributed by atoms with van der Waals surface area (Å²) in [5, 5.41) is 17.3. The fourth-order valence-corrected chi connectivity index (χ4v) is 2.32. The van der Waals surface area contributed by atoms with Gasteiger partial charge in [0, 0.05) is 35.5 Å². The van der Waals surface area contributed by atoms with Crippen LogP contribution < -0.4 is 15.5 Å². The van der Waals surface area contributed by atoms with Gasteiger partial charge in [-0.3, -0.25) is 19.7 Å². The number of nitrogens with one attached hydrogen (secondary N) is 2. The highest BCUT2D eigenvalue weighted by molar-refractivity contribution is 6.01. The first-order valence-corrected chi connectivity index (χ1v) is 8.37. The van der Waals surface area contributed by atoms with E-state index in [4.69, 9.17) is 4.74 Å². The molecule has 0 aliphatic rings. The van der Waals surface area contributed by atoms with Crippen LogP contribution in [0.25, 0.3) is 0 Å². The van der Waals surface area contributed by atoms with Gasteiger partial charge in [0.15, 0.2) is 0 Å². The Labute approximate surface area is 161 Å². The number of nitro groups is 1. The topological polar surface area (TPSA) is 123 Å².